The molecule has 1 fully saturated rings. The molecule has 1 aromatic carbocycles. The van der Waals surface area contributed by atoms with Crippen molar-refractivity contribution in [1.29, 1.82) is 0 Å². The molecule has 3 amide bonds. The van der Waals surface area contributed by atoms with Crippen LogP contribution in [0.4, 0.5) is 4.79 Å². The van der Waals surface area contributed by atoms with Gasteiger partial charge < -0.3 is 14.8 Å². The molecule has 0 saturated carbocycles. The summed E-state index contributed by atoms with van der Waals surface area (Å²) in [6, 6.07) is 5.32. The third-order valence-corrected chi connectivity index (χ3v) is 4.45. The summed E-state index contributed by atoms with van der Waals surface area (Å²) in [5.74, 6) is 0.809. The molecule has 2 aliphatic rings. The third-order valence-electron chi connectivity index (χ3n) is 3.55. The lowest BCUT2D eigenvalue weighted by atomic mass is 10.2. The van der Waals surface area contributed by atoms with E-state index in [-0.39, 0.29) is 36.9 Å². The van der Waals surface area contributed by atoms with Gasteiger partial charge in [0.25, 0.3) is 11.1 Å². The number of carbonyl (C=O) groups excluding carboxylic acids is 3. The molecule has 7 nitrogen and oxygen atoms in total. The van der Waals surface area contributed by atoms with Crippen molar-refractivity contribution in [1.82, 2.24) is 10.2 Å². The van der Waals surface area contributed by atoms with E-state index in [4.69, 9.17) is 9.47 Å². The smallest absolute Gasteiger partial charge is 0.293 e. The number of ether oxygens (including phenoxy) is 2. The summed E-state index contributed by atoms with van der Waals surface area (Å²) in [5, 5.41) is 2.31. The second-order valence-corrected chi connectivity index (χ2v) is 6.14. The lowest BCUT2D eigenvalue weighted by Crippen LogP contribution is -2.37. The molecule has 0 aliphatic carbocycles. The average Bonchev–Trinajstić information content (AvgIpc) is 3.14. The number of thioether (sulfide) groups is 1. The van der Waals surface area contributed by atoms with Crippen LogP contribution in [0.5, 0.6) is 11.5 Å². The number of fused-ring (bicyclic) bond motifs is 1. The van der Waals surface area contributed by atoms with Crippen LogP contribution in [0.3, 0.4) is 0 Å². The number of hydrogen-bond donors (Lipinski definition) is 1. The number of carbonyl (C=O) groups is 3. The van der Waals surface area contributed by atoms with Crippen molar-refractivity contribution in [2.24, 2.45) is 0 Å². The Bertz CT molecular complexity index is 731. The van der Waals surface area contributed by atoms with Crippen LogP contribution in [0, 0.1) is 0 Å². The quantitative estimate of drug-likeness (QED) is 0.819. The molecule has 1 aromatic rings. The van der Waals surface area contributed by atoms with E-state index in [1.54, 1.807) is 31.2 Å². The van der Waals surface area contributed by atoms with Crippen LogP contribution in [0.1, 0.15) is 18.9 Å². The number of imide groups is 1. The normalized spacial score (nSPS) is 17.7. The van der Waals surface area contributed by atoms with E-state index in [1.807, 2.05) is 0 Å². The molecule has 1 N–H and O–H groups in total. The minimum Gasteiger partial charge on any atom is -0.454 e. The van der Waals surface area contributed by atoms with Gasteiger partial charge in [0.05, 0.1) is 4.91 Å². The fourth-order valence-corrected chi connectivity index (χ4v) is 3.14. The molecule has 1 saturated heterocycles. The maximum atomic E-state index is 12.3. The van der Waals surface area contributed by atoms with Crippen LogP contribution in [-0.4, -0.2) is 41.8 Å². The van der Waals surface area contributed by atoms with E-state index in [0.29, 0.717) is 22.8 Å². The molecule has 126 valence electrons. The Kier molecular flexibility index (Phi) is 4.75. The first-order valence-corrected chi connectivity index (χ1v) is 8.32. The first-order valence-electron chi connectivity index (χ1n) is 7.50. The topological polar surface area (TPSA) is 84.9 Å². The van der Waals surface area contributed by atoms with Gasteiger partial charge in [-0.05, 0) is 35.5 Å². The zero-order valence-electron chi connectivity index (χ0n) is 13.0. The average molecular weight is 348 g/mol. The van der Waals surface area contributed by atoms with Gasteiger partial charge in [0.2, 0.25) is 12.7 Å². The van der Waals surface area contributed by atoms with Gasteiger partial charge in [-0.2, -0.15) is 0 Å². The van der Waals surface area contributed by atoms with E-state index >= 15 is 0 Å². The van der Waals surface area contributed by atoms with E-state index in [1.165, 1.54) is 0 Å². The standard InChI is InChI=1S/C16H16N2O5S/c1-2-14(19)17-5-6-18-15(20)13(24-16(18)21)8-10-3-4-11-12(7-10)23-9-22-11/h3-4,7-8H,2,5-6,9H2,1H3,(H,17,19)/b13-8+. The van der Waals surface area contributed by atoms with E-state index < -0.39 is 0 Å². The van der Waals surface area contributed by atoms with Crippen LogP contribution in [0.25, 0.3) is 6.08 Å². The molecule has 0 bridgehead atoms. The van der Waals surface area contributed by atoms with Crippen molar-refractivity contribution in [2.45, 2.75) is 13.3 Å². The van der Waals surface area contributed by atoms with Gasteiger partial charge in [-0.25, -0.2) is 0 Å². The summed E-state index contributed by atoms with van der Waals surface area (Å²) in [7, 11) is 0. The molecule has 0 unspecified atom stereocenters. The van der Waals surface area contributed by atoms with E-state index in [2.05, 4.69) is 5.32 Å². The van der Waals surface area contributed by atoms with Crippen molar-refractivity contribution in [3.8, 4) is 11.5 Å². The maximum Gasteiger partial charge on any atom is 0.293 e. The molecule has 0 radical (unpaired) electrons. The maximum absolute atomic E-state index is 12.3. The Hall–Kier alpha value is -2.48. The first-order chi connectivity index (χ1) is 11.6. The highest BCUT2D eigenvalue weighted by molar-refractivity contribution is 8.18. The van der Waals surface area contributed by atoms with Crippen LogP contribution in [0.2, 0.25) is 0 Å². The molecule has 24 heavy (non-hydrogen) atoms. The second kappa shape index (κ2) is 6.96. The minimum atomic E-state index is -0.353. The summed E-state index contributed by atoms with van der Waals surface area (Å²) in [5.41, 5.74) is 0.754. The second-order valence-electron chi connectivity index (χ2n) is 5.15. The molecule has 2 aliphatic heterocycles. The SMILES string of the molecule is CCC(=O)NCCN1C(=O)S/C(=C/c2ccc3c(c2)OCO3)C1=O. The number of rotatable bonds is 5. The fraction of sp³-hybridized carbons (Fsp3) is 0.312. The van der Waals surface area contributed by atoms with Crippen LogP contribution in [-0.2, 0) is 9.59 Å². The van der Waals surface area contributed by atoms with Crippen molar-refractivity contribution in [3.63, 3.8) is 0 Å². The molecular weight excluding hydrogens is 332 g/mol. The predicted molar refractivity (Wildman–Crippen MR) is 88.5 cm³/mol. The highest BCUT2D eigenvalue weighted by atomic mass is 32.2. The molecule has 3 rings (SSSR count). The van der Waals surface area contributed by atoms with Gasteiger partial charge in [0.15, 0.2) is 11.5 Å². The molecule has 8 heteroatoms. The largest absolute Gasteiger partial charge is 0.454 e. The van der Waals surface area contributed by atoms with Crippen LogP contribution in [0.15, 0.2) is 23.1 Å². The number of nitrogens with one attached hydrogen (secondary N) is 1. The van der Waals surface area contributed by atoms with E-state index in [0.717, 1.165) is 22.2 Å². The van der Waals surface area contributed by atoms with Gasteiger partial charge in [-0.3, -0.25) is 19.3 Å². The van der Waals surface area contributed by atoms with Crippen molar-refractivity contribution in [3.05, 3.63) is 28.7 Å². The third kappa shape index (κ3) is 3.38. The Balaban J connectivity index is 1.68. The van der Waals surface area contributed by atoms with Gasteiger partial charge in [-0.15, -0.1) is 0 Å². The predicted octanol–water partition coefficient (Wildman–Crippen LogP) is 1.98. The fourth-order valence-electron chi connectivity index (χ4n) is 2.28. The highest BCUT2D eigenvalue weighted by Crippen LogP contribution is 2.36. The summed E-state index contributed by atoms with van der Waals surface area (Å²) in [6.45, 7) is 2.33. The molecule has 0 aromatic heterocycles. The van der Waals surface area contributed by atoms with Crippen LogP contribution < -0.4 is 14.8 Å². The Morgan fingerprint density at radius 2 is 2.12 bits per heavy atom. The summed E-state index contributed by atoms with van der Waals surface area (Å²) in [6.07, 6.45) is 2.02. The monoisotopic (exact) mass is 348 g/mol. The van der Waals surface area contributed by atoms with Gasteiger partial charge in [-0.1, -0.05) is 13.0 Å². The summed E-state index contributed by atoms with van der Waals surface area (Å²) >= 11 is 0.888. The Morgan fingerprint density at radius 1 is 1.33 bits per heavy atom. The molecular formula is C16H16N2O5S. The number of amides is 3. The zero-order valence-corrected chi connectivity index (χ0v) is 13.9. The first kappa shape index (κ1) is 16.4. The Morgan fingerprint density at radius 3 is 2.92 bits per heavy atom. The number of nitrogens with zero attached hydrogens (tertiary/aromatic N) is 1. The van der Waals surface area contributed by atoms with Gasteiger partial charge in [0.1, 0.15) is 0 Å². The van der Waals surface area contributed by atoms with Crippen molar-refractivity contribution >= 4 is 34.9 Å². The summed E-state index contributed by atoms with van der Waals surface area (Å²) < 4.78 is 10.5. The molecule has 2 heterocycles. The minimum absolute atomic E-state index is 0.113. The van der Waals surface area contributed by atoms with Crippen molar-refractivity contribution in [2.75, 3.05) is 19.9 Å². The molecule has 0 atom stereocenters. The number of benzene rings is 1. The zero-order chi connectivity index (χ0) is 17.1. The summed E-state index contributed by atoms with van der Waals surface area (Å²) in [4.78, 5) is 37.0. The highest BCUT2D eigenvalue weighted by Gasteiger charge is 2.34. The van der Waals surface area contributed by atoms with Crippen molar-refractivity contribution < 1.29 is 23.9 Å². The van der Waals surface area contributed by atoms with Crippen LogP contribution >= 0.6 is 11.8 Å². The van der Waals surface area contributed by atoms with E-state index in [9.17, 15) is 14.4 Å². The number of hydrogen-bond acceptors (Lipinski definition) is 6. The lowest BCUT2D eigenvalue weighted by molar-refractivity contribution is -0.124. The van der Waals surface area contributed by atoms with Gasteiger partial charge in [0, 0.05) is 19.5 Å². The van der Waals surface area contributed by atoms with Gasteiger partial charge >= 0.3 is 0 Å². The molecule has 0 spiro atoms. The lowest BCUT2D eigenvalue weighted by Gasteiger charge is -2.12. The Labute approximate surface area is 143 Å².